The lowest BCUT2D eigenvalue weighted by atomic mass is 10.1. The number of halogens is 3. The van der Waals surface area contributed by atoms with Crippen LogP contribution in [0, 0.1) is 5.82 Å². The smallest absolute Gasteiger partial charge is 0.129 e. The molecule has 0 aromatic heterocycles. The molecule has 0 radical (unpaired) electrons. The van der Waals surface area contributed by atoms with Crippen LogP contribution in [0.4, 0.5) is 8.78 Å². The first-order chi connectivity index (χ1) is 5.11. The summed E-state index contributed by atoms with van der Waals surface area (Å²) in [7, 11) is 0. The van der Waals surface area contributed by atoms with Gasteiger partial charge in [-0.15, -0.1) is 0 Å². The number of alkyl halides is 1. The number of benzene rings is 1. The van der Waals surface area contributed by atoms with Gasteiger partial charge in [0.2, 0.25) is 0 Å². The zero-order valence-electron chi connectivity index (χ0n) is 5.94. The Kier molecular flexibility index (Phi) is 2.60. The van der Waals surface area contributed by atoms with Gasteiger partial charge in [-0.3, -0.25) is 0 Å². The number of hydrogen-bond donors (Lipinski definition) is 0. The van der Waals surface area contributed by atoms with Crippen LogP contribution in [-0.2, 0) is 0 Å². The molecule has 0 fully saturated rings. The number of hydrogen-bond acceptors (Lipinski definition) is 0. The van der Waals surface area contributed by atoms with E-state index in [1.807, 2.05) is 0 Å². The molecule has 0 spiro atoms. The molecular formula is C8H7BrF2. The lowest BCUT2D eigenvalue weighted by Crippen LogP contribution is -1.90. The average Bonchev–Trinajstić information content (AvgIpc) is 1.94. The fourth-order valence-corrected chi connectivity index (χ4v) is 1.20. The van der Waals surface area contributed by atoms with Crippen molar-refractivity contribution in [2.75, 3.05) is 0 Å². The van der Waals surface area contributed by atoms with Crippen LogP contribution >= 0.6 is 15.9 Å². The summed E-state index contributed by atoms with van der Waals surface area (Å²) in [5.74, 6) is -0.497. The maximum absolute atomic E-state index is 12.8. The molecule has 1 atom stereocenters. The zero-order chi connectivity index (χ0) is 8.43. The summed E-state index contributed by atoms with van der Waals surface area (Å²) in [6.45, 7) is 1.31. The van der Waals surface area contributed by atoms with Gasteiger partial charge in [0.05, 0.1) is 0 Å². The van der Waals surface area contributed by atoms with Crippen LogP contribution in [0.25, 0.3) is 0 Å². The lowest BCUT2D eigenvalue weighted by Gasteiger charge is -2.03. The zero-order valence-corrected chi connectivity index (χ0v) is 7.53. The van der Waals surface area contributed by atoms with E-state index in [0.29, 0.717) is 4.47 Å². The van der Waals surface area contributed by atoms with Crippen molar-refractivity contribution in [3.8, 4) is 0 Å². The second-order valence-electron chi connectivity index (χ2n) is 2.28. The van der Waals surface area contributed by atoms with Crippen molar-refractivity contribution < 1.29 is 8.78 Å². The molecule has 0 bridgehead atoms. The summed E-state index contributed by atoms with van der Waals surface area (Å²) < 4.78 is 26.1. The molecule has 60 valence electrons. The van der Waals surface area contributed by atoms with Crippen LogP contribution in [0.3, 0.4) is 0 Å². The van der Waals surface area contributed by atoms with Gasteiger partial charge < -0.3 is 0 Å². The van der Waals surface area contributed by atoms with Gasteiger partial charge in [-0.05, 0) is 25.1 Å². The van der Waals surface area contributed by atoms with Crippen LogP contribution in [0.5, 0.6) is 0 Å². The van der Waals surface area contributed by atoms with E-state index in [1.54, 1.807) is 6.07 Å². The average molecular weight is 221 g/mol. The van der Waals surface area contributed by atoms with Crippen molar-refractivity contribution in [1.82, 2.24) is 0 Å². The quantitative estimate of drug-likeness (QED) is 0.679. The molecule has 0 saturated carbocycles. The first-order valence-electron chi connectivity index (χ1n) is 3.20. The molecule has 0 heterocycles. The highest BCUT2D eigenvalue weighted by Crippen LogP contribution is 2.23. The van der Waals surface area contributed by atoms with E-state index in [9.17, 15) is 8.78 Å². The monoisotopic (exact) mass is 220 g/mol. The minimum Gasteiger partial charge on any atom is -0.242 e. The van der Waals surface area contributed by atoms with Gasteiger partial charge in [0.1, 0.15) is 12.0 Å². The third kappa shape index (κ3) is 1.99. The van der Waals surface area contributed by atoms with Gasteiger partial charge in [0, 0.05) is 10.0 Å². The Morgan fingerprint density at radius 1 is 1.45 bits per heavy atom. The standard InChI is InChI=1S/C8H7BrF2/c1-5(10)7-4-6(9)2-3-8(7)11/h2-5H,1H3. The predicted molar refractivity (Wildman–Crippen MR) is 43.6 cm³/mol. The Morgan fingerprint density at radius 2 is 2.09 bits per heavy atom. The lowest BCUT2D eigenvalue weighted by molar-refractivity contribution is 0.361. The van der Waals surface area contributed by atoms with Gasteiger partial charge in [-0.1, -0.05) is 15.9 Å². The summed E-state index contributed by atoms with van der Waals surface area (Å²) in [5, 5.41) is 0. The fourth-order valence-electron chi connectivity index (χ4n) is 0.819. The normalized spacial score (nSPS) is 13.1. The highest BCUT2D eigenvalue weighted by atomic mass is 79.9. The molecule has 0 saturated heterocycles. The summed E-state index contributed by atoms with van der Waals surface area (Å²) in [6, 6.07) is 4.23. The van der Waals surface area contributed by atoms with Crippen LogP contribution in [0.1, 0.15) is 18.7 Å². The van der Waals surface area contributed by atoms with Gasteiger partial charge in [-0.2, -0.15) is 0 Å². The van der Waals surface area contributed by atoms with Crippen molar-refractivity contribution in [2.45, 2.75) is 13.1 Å². The summed E-state index contributed by atoms with van der Waals surface area (Å²) in [5.41, 5.74) is 0.0966. The highest BCUT2D eigenvalue weighted by molar-refractivity contribution is 9.10. The van der Waals surface area contributed by atoms with Crippen molar-refractivity contribution in [2.24, 2.45) is 0 Å². The first kappa shape index (κ1) is 8.65. The molecule has 0 aliphatic rings. The van der Waals surface area contributed by atoms with Gasteiger partial charge in [-0.25, -0.2) is 8.78 Å². The second-order valence-corrected chi connectivity index (χ2v) is 3.20. The largest absolute Gasteiger partial charge is 0.242 e. The molecule has 0 amide bonds. The van der Waals surface area contributed by atoms with E-state index in [1.165, 1.54) is 19.1 Å². The molecule has 0 aliphatic heterocycles. The molecule has 1 rings (SSSR count). The van der Waals surface area contributed by atoms with Crippen LogP contribution in [0.2, 0.25) is 0 Å². The minimum atomic E-state index is -1.26. The third-order valence-electron chi connectivity index (χ3n) is 1.39. The topological polar surface area (TPSA) is 0 Å². The first-order valence-corrected chi connectivity index (χ1v) is 3.99. The van der Waals surface area contributed by atoms with E-state index in [2.05, 4.69) is 15.9 Å². The molecule has 1 aromatic rings. The van der Waals surface area contributed by atoms with E-state index < -0.39 is 12.0 Å². The Bertz CT molecular complexity index is 258. The summed E-state index contributed by atoms with van der Waals surface area (Å²) in [6.07, 6.45) is -1.26. The maximum Gasteiger partial charge on any atom is 0.129 e. The summed E-state index contributed by atoms with van der Waals surface area (Å²) >= 11 is 3.13. The Labute approximate surface area is 72.4 Å². The van der Waals surface area contributed by atoms with Crippen molar-refractivity contribution in [3.63, 3.8) is 0 Å². The van der Waals surface area contributed by atoms with E-state index >= 15 is 0 Å². The predicted octanol–water partition coefficient (Wildman–Crippen LogP) is 3.62. The molecule has 1 unspecified atom stereocenters. The van der Waals surface area contributed by atoms with E-state index in [0.717, 1.165) is 0 Å². The molecular weight excluding hydrogens is 214 g/mol. The Balaban J connectivity index is 3.13. The van der Waals surface area contributed by atoms with Gasteiger partial charge >= 0.3 is 0 Å². The molecule has 3 heteroatoms. The van der Waals surface area contributed by atoms with Crippen LogP contribution in [-0.4, -0.2) is 0 Å². The maximum atomic E-state index is 12.8. The highest BCUT2D eigenvalue weighted by Gasteiger charge is 2.08. The number of rotatable bonds is 1. The van der Waals surface area contributed by atoms with Crippen LogP contribution < -0.4 is 0 Å². The van der Waals surface area contributed by atoms with Gasteiger partial charge in [0.15, 0.2) is 0 Å². The molecule has 1 aromatic carbocycles. The van der Waals surface area contributed by atoms with Crippen molar-refractivity contribution in [1.29, 1.82) is 0 Å². The van der Waals surface area contributed by atoms with E-state index in [-0.39, 0.29) is 5.56 Å². The van der Waals surface area contributed by atoms with E-state index in [4.69, 9.17) is 0 Å². The molecule has 0 nitrogen and oxygen atoms in total. The third-order valence-corrected chi connectivity index (χ3v) is 1.88. The van der Waals surface area contributed by atoms with Crippen molar-refractivity contribution in [3.05, 3.63) is 34.1 Å². The Hall–Kier alpha value is -0.440. The molecule has 0 aliphatic carbocycles. The summed E-state index contributed by atoms with van der Waals surface area (Å²) in [4.78, 5) is 0. The minimum absolute atomic E-state index is 0.0966. The fraction of sp³-hybridized carbons (Fsp3) is 0.250. The Morgan fingerprint density at radius 3 is 2.55 bits per heavy atom. The molecule has 0 N–H and O–H groups in total. The molecule has 11 heavy (non-hydrogen) atoms. The van der Waals surface area contributed by atoms with Crippen molar-refractivity contribution >= 4 is 15.9 Å². The second kappa shape index (κ2) is 3.30. The van der Waals surface area contributed by atoms with Gasteiger partial charge in [0.25, 0.3) is 0 Å². The SMILES string of the molecule is CC(F)c1cc(Br)ccc1F. The van der Waals surface area contributed by atoms with Crippen LogP contribution in [0.15, 0.2) is 22.7 Å².